The van der Waals surface area contributed by atoms with Crippen LogP contribution < -0.4 is 5.32 Å². The van der Waals surface area contributed by atoms with E-state index in [4.69, 9.17) is 0 Å². The number of nitrogens with zero attached hydrogens (tertiary/aromatic N) is 2. The smallest absolute Gasteiger partial charge is 0.156 e. The lowest BCUT2D eigenvalue weighted by Gasteiger charge is -2.15. The van der Waals surface area contributed by atoms with Crippen molar-refractivity contribution in [2.24, 2.45) is 5.41 Å². The molecule has 2 N–H and O–H groups in total. The van der Waals surface area contributed by atoms with Crippen LogP contribution >= 0.6 is 0 Å². The minimum absolute atomic E-state index is 0.417. The van der Waals surface area contributed by atoms with Crippen LogP contribution in [0.2, 0.25) is 0 Å². The highest BCUT2D eigenvalue weighted by Gasteiger charge is 2.20. The summed E-state index contributed by atoms with van der Waals surface area (Å²) in [7, 11) is 0. The molecule has 0 saturated carbocycles. The number of benzene rings is 1. The minimum atomic E-state index is -0.417. The first-order valence-electron chi connectivity index (χ1n) is 7.19. The van der Waals surface area contributed by atoms with Gasteiger partial charge in [-0.25, -0.2) is 9.97 Å². The Kier molecular flexibility index (Phi) is 3.63. The number of aromatic amines is 1. The molecule has 0 bridgehead atoms. The molecule has 112 valence electrons. The molecule has 0 atom stereocenters. The Balaban J connectivity index is 1.93. The molecule has 0 aliphatic rings. The second-order valence-electron chi connectivity index (χ2n) is 6.04. The number of carbonyl (C=O) groups excluding carboxylic acids is 1. The van der Waals surface area contributed by atoms with Crippen molar-refractivity contribution in [3.05, 3.63) is 48.3 Å². The van der Waals surface area contributed by atoms with Crippen LogP contribution in [0.1, 0.15) is 19.4 Å². The van der Waals surface area contributed by atoms with Gasteiger partial charge in [-0.05, 0) is 24.1 Å². The van der Waals surface area contributed by atoms with Crippen molar-refractivity contribution in [3.63, 3.8) is 0 Å². The molecule has 0 aliphatic heterocycles. The predicted molar refractivity (Wildman–Crippen MR) is 87.2 cm³/mol. The van der Waals surface area contributed by atoms with Gasteiger partial charge in [-0.3, -0.25) is 0 Å². The van der Waals surface area contributed by atoms with Crippen LogP contribution in [-0.2, 0) is 11.2 Å². The molecular weight excluding hydrogens is 276 g/mol. The van der Waals surface area contributed by atoms with E-state index in [9.17, 15) is 4.79 Å². The number of rotatable bonds is 5. The van der Waals surface area contributed by atoms with Gasteiger partial charge < -0.3 is 15.1 Å². The summed E-state index contributed by atoms with van der Waals surface area (Å²) in [5.41, 5.74) is 3.07. The van der Waals surface area contributed by atoms with Crippen LogP contribution in [0, 0.1) is 5.41 Å². The number of hydrogen-bond acceptors (Lipinski definition) is 4. The van der Waals surface area contributed by atoms with Crippen LogP contribution in [0.3, 0.4) is 0 Å². The highest BCUT2D eigenvalue weighted by molar-refractivity contribution is 5.78. The van der Waals surface area contributed by atoms with E-state index in [1.54, 1.807) is 6.20 Å². The van der Waals surface area contributed by atoms with Gasteiger partial charge in [0.05, 0.1) is 6.20 Å². The van der Waals surface area contributed by atoms with Crippen LogP contribution in [0.5, 0.6) is 0 Å². The van der Waals surface area contributed by atoms with Crippen molar-refractivity contribution in [1.82, 2.24) is 15.0 Å². The second-order valence-corrected chi connectivity index (χ2v) is 6.04. The summed E-state index contributed by atoms with van der Waals surface area (Å²) in [5.74, 6) is 0.684. The van der Waals surface area contributed by atoms with Gasteiger partial charge in [0.2, 0.25) is 0 Å². The molecule has 3 aromatic rings. The fourth-order valence-corrected chi connectivity index (χ4v) is 2.34. The van der Waals surface area contributed by atoms with E-state index in [1.165, 1.54) is 0 Å². The van der Waals surface area contributed by atoms with Gasteiger partial charge in [-0.2, -0.15) is 0 Å². The maximum Gasteiger partial charge on any atom is 0.156 e. The molecular formula is C17H18N4O. The molecule has 22 heavy (non-hydrogen) atoms. The first-order chi connectivity index (χ1) is 10.6. The first kappa shape index (κ1) is 14.3. The standard InChI is InChI=1S/C17H18N4O/c1-17(2,11-22)8-12-9-18-16-15(12)21-14(10-19-16)20-13-6-4-3-5-7-13/h3-7,9-11H,8H2,1-2H3,(H,18,19)(H,20,21). The first-order valence-corrected chi connectivity index (χ1v) is 7.19. The van der Waals surface area contributed by atoms with Crippen molar-refractivity contribution >= 4 is 29.0 Å². The number of hydrogen-bond donors (Lipinski definition) is 2. The van der Waals surface area contributed by atoms with Crippen molar-refractivity contribution in [1.29, 1.82) is 0 Å². The molecule has 2 heterocycles. The molecule has 1 aromatic carbocycles. The van der Waals surface area contributed by atoms with Crippen LogP contribution in [-0.4, -0.2) is 21.2 Å². The lowest BCUT2D eigenvalue weighted by molar-refractivity contribution is -0.114. The number of fused-ring (bicyclic) bond motifs is 1. The van der Waals surface area contributed by atoms with Crippen molar-refractivity contribution in [2.45, 2.75) is 20.3 Å². The molecule has 0 radical (unpaired) electrons. The molecule has 2 aromatic heterocycles. The second kappa shape index (κ2) is 5.60. The van der Waals surface area contributed by atoms with Gasteiger partial charge in [0.25, 0.3) is 0 Å². The topological polar surface area (TPSA) is 70.7 Å². The summed E-state index contributed by atoms with van der Waals surface area (Å²) in [6.45, 7) is 3.83. The van der Waals surface area contributed by atoms with Crippen molar-refractivity contribution in [3.8, 4) is 0 Å². The largest absolute Gasteiger partial charge is 0.345 e. The number of H-pyrrole nitrogens is 1. The highest BCUT2D eigenvalue weighted by Crippen LogP contribution is 2.25. The highest BCUT2D eigenvalue weighted by atomic mass is 16.1. The molecule has 3 rings (SSSR count). The minimum Gasteiger partial charge on any atom is -0.345 e. The van der Waals surface area contributed by atoms with E-state index in [2.05, 4.69) is 20.3 Å². The molecule has 0 aliphatic carbocycles. The molecule has 0 fully saturated rings. The van der Waals surface area contributed by atoms with Gasteiger partial charge in [0, 0.05) is 17.3 Å². The van der Waals surface area contributed by atoms with Crippen LogP contribution in [0.4, 0.5) is 11.5 Å². The lowest BCUT2D eigenvalue weighted by Crippen LogP contribution is -2.16. The Morgan fingerprint density at radius 2 is 2.05 bits per heavy atom. The number of aromatic nitrogens is 3. The average Bonchev–Trinajstić information content (AvgIpc) is 2.90. The normalized spacial score (nSPS) is 11.5. The molecule has 0 unspecified atom stereocenters. The van der Waals surface area contributed by atoms with Crippen LogP contribution in [0.15, 0.2) is 42.7 Å². The Morgan fingerprint density at radius 3 is 2.77 bits per heavy atom. The summed E-state index contributed by atoms with van der Waals surface area (Å²) >= 11 is 0. The fraction of sp³-hybridized carbons (Fsp3) is 0.235. The Hall–Kier alpha value is -2.69. The molecule has 0 saturated heterocycles. The van der Waals surface area contributed by atoms with Crippen molar-refractivity contribution in [2.75, 3.05) is 5.32 Å². The maximum atomic E-state index is 11.1. The lowest BCUT2D eigenvalue weighted by atomic mass is 9.88. The quantitative estimate of drug-likeness (QED) is 0.707. The Morgan fingerprint density at radius 1 is 1.27 bits per heavy atom. The maximum absolute atomic E-state index is 11.1. The number of nitrogens with one attached hydrogen (secondary N) is 2. The average molecular weight is 294 g/mol. The Labute approximate surface area is 128 Å². The third-order valence-corrected chi connectivity index (χ3v) is 3.47. The van der Waals surface area contributed by atoms with Gasteiger partial charge >= 0.3 is 0 Å². The zero-order valence-corrected chi connectivity index (χ0v) is 12.6. The summed E-state index contributed by atoms with van der Waals surface area (Å²) in [6.07, 6.45) is 5.17. The van der Waals surface area contributed by atoms with E-state index in [0.717, 1.165) is 28.7 Å². The predicted octanol–water partition coefficient (Wildman–Crippen LogP) is 3.47. The van der Waals surface area contributed by atoms with E-state index in [-0.39, 0.29) is 0 Å². The van der Waals surface area contributed by atoms with Crippen molar-refractivity contribution < 1.29 is 4.79 Å². The van der Waals surface area contributed by atoms with E-state index >= 15 is 0 Å². The van der Waals surface area contributed by atoms with E-state index < -0.39 is 5.41 Å². The van der Waals surface area contributed by atoms with E-state index in [0.29, 0.717) is 12.2 Å². The Bertz CT molecular complexity index is 793. The SMILES string of the molecule is CC(C)(C=O)Cc1c[nH]c2ncc(Nc3ccccc3)nc12. The monoisotopic (exact) mass is 294 g/mol. The van der Waals surface area contributed by atoms with Crippen LogP contribution in [0.25, 0.3) is 11.2 Å². The van der Waals surface area contributed by atoms with Gasteiger partial charge in [0.15, 0.2) is 5.65 Å². The zero-order chi connectivity index (χ0) is 15.6. The third kappa shape index (κ3) is 2.98. The third-order valence-electron chi connectivity index (χ3n) is 3.47. The summed E-state index contributed by atoms with van der Waals surface area (Å²) in [4.78, 5) is 23.3. The number of anilines is 2. The number of para-hydroxylation sites is 1. The fourth-order valence-electron chi connectivity index (χ4n) is 2.34. The summed E-state index contributed by atoms with van der Waals surface area (Å²) in [6, 6.07) is 9.83. The van der Waals surface area contributed by atoms with Gasteiger partial charge in [0.1, 0.15) is 17.6 Å². The molecule has 5 heteroatoms. The van der Waals surface area contributed by atoms with Gasteiger partial charge in [-0.1, -0.05) is 32.0 Å². The van der Waals surface area contributed by atoms with Gasteiger partial charge in [-0.15, -0.1) is 0 Å². The molecule has 5 nitrogen and oxygen atoms in total. The van der Waals surface area contributed by atoms with E-state index in [1.807, 2.05) is 50.4 Å². The summed E-state index contributed by atoms with van der Waals surface area (Å²) in [5, 5.41) is 3.23. The zero-order valence-electron chi connectivity index (χ0n) is 12.6. The molecule has 0 amide bonds. The number of aldehydes is 1. The summed E-state index contributed by atoms with van der Waals surface area (Å²) < 4.78 is 0. The molecule has 0 spiro atoms. The number of carbonyl (C=O) groups is 1.